The van der Waals surface area contributed by atoms with Crippen LogP contribution in [0.1, 0.15) is 11.6 Å². The van der Waals surface area contributed by atoms with Gasteiger partial charge in [0.25, 0.3) is 0 Å². The van der Waals surface area contributed by atoms with Crippen LogP contribution in [0.25, 0.3) is 0 Å². The average Bonchev–Trinajstić information content (AvgIpc) is 2.18. The van der Waals surface area contributed by atoms with Gasteiger partial charge < -0.3 is 10.6 Å². The number of hydrogen-bond acceptors (Lipinski definition) is 2. The zero-order valence-electron chi connectivity index (χ0n) is 8.50. The van der Waals surface area contributed by atoms with Crippen LogP contribution in [0.4, 0.5) is 0 Å². The van der Waals surface area contributed by atoms with E-state index in [9.17, 15) is 0 Å². The first-order valence-corrected chi connectivity index (χ1v) is 5.83. The fourth-order valence-corrected chi connectivity index (χ4v) is 2.55. The lowest BCUT2D eigenvalue weighted by Crippen LogP contribution is -2.42. The zero-order valence-corrected chi connectivity index (χ0v) is 12.5. The normalized spacial score (nSPS) is 19.5. The Hall–Kier alpha value is 0.490. The summed E-state index contributed by atoms with van der Waals surface area (Å²) in [7, 11) is 0. The predicted molar refractivity (Wildman–Crippen MR) is 77.3 cm³/mol. The molecule has 92 valence electrons. The van der Waals surface area contributed by atoms with Gasteiger partial charge in [-0.3, -0.25) is 0 Å². The van der Waals surface area contributed by atoms with E-state index in [-0.39, 0.29) is 24.8 Å². The topological polar surface area (TPSA) is 24.1 Å². The van der Waals surface area contributed by atoms with E-state index in [1.54, 1.807) is 0 Å². The Morgan fingerprint density at radius 2 is 1.94 bits per heavy atom. The van der Waals surface area contributed by atoms with Crippen molar-refractivity contribution in [3.05, 3.63) is 33.3 Å². The van der Waals surface area contributed by atoms with E-state index >= 15 is 0 Å². The Kier molecular flexibility index (Phi) is 7.98. The SMILES string of the molecule is Cl.Cl.Clc1cc(Br)cc([C@@H]2CNCCN2)c1. The quantitative estimate of drug-likeness (QED) is 0.814. The highest BCUT2D eigenvalue weighted by Crippen LogP contribution is 2.24. The number of halogens is 4. The molecule has 1 saturated heterocycles. The van der Waals surface area contributed by atoms with Gasteiger partial charge in [0.1, 0.15) is 0 Å². The van der Waals surface area contributed by atoms with Gasteiger partial charge in [-0.25, -0.2) is 0 Å². The fourth-order valence-electron chi connectivity index (χ4n) is 1.67. The molecule has 0 amide bonds. The Balaban J connectivity index is 0.00000112. The van der Waals surface area contributed by atoms with Crippen LogP contribution in [0.15, 0.2) is 22.7 Å². The van der Waals surface area contributed by atoms with Crippen LogP contribution >= 0.6 is 52.3 Å². The third-order valence-electron chi connectivity index (χ3n) is 2.33. The smallest absolute Gasteiger partial charge is 0.0448 e. The largest absolute Gasteiger partial charge is 0.314 e. The molecule has 0 aromatic heterocycles. The van der Waals surface area contributed by atoms with Gasteiger partial charge in [0.2, 0.25) is 0 Å². The third-order valence-corrected chi connectivity index (χ3v) is 3.00. The Labute approximate surface area is 121 Å². The molecule has 0 bridgehead atoms. The van der Waals surface area contributed by atoms with Crippen LogP contribution in [0.2, 0.25) is 5.02 Å². The van der Waals surface area contributed by atoms with Gasteiger partial charge >= 0.3 is 0 Å². The molecule has 0 spiro atoms. The van der Waals surface area contributed by atoms with Crippen molar-refractivity contribution in [2.45, 2.75) is 6.04 Å². The minimum absolute atomic E-state index is 0. The summed E-state index contributed by atoms with van der Waals surface area (Å²) < 4.78 is 1.03. The van der Waals surface area contributed by atoms with Crippen LogP contribution in [-0.2, 0) is 0 Å². The maximum atomic E-state index is 5.99. The summed E-state index contributed by atoms with van der Waals surface area (Å²) >= 11 is 9.44. The molecular formula is C10H14BrCl3N2. The highest BCUT2D eigenvalue weighted by Gasteiger charge is 2.14. The summed E-state index contributed by atoms with van der Waals surface area (Å²) in [6, 6.07) is 6.40. The molecule has 1 fully saturated rings. The lowest BCUT2D eigenvalue weighted by molar-refractivity contribution is 0.430. The number of hydrogen-bond donors (Lipinski definition) is 2. The molecule has 6 heteroatoms. The number of nitrogens with one attached hydrogen (secondary N) is 2. The Morgan fingerprint density at radius 3 is 2.50 bits per heavy atom. The standard InChI is InChI=1S/C10H12BrClN2.2ClH/c11-8-3-7(4-9(12)5-8)10-6-13-1-2-14-10;;/h3-5,10,13-14H,1-2,6H2;2*1H/t10-;;/m0../s1. The molecule has 0 unspecified atom stereocenters. The number of benzene rings is 1. The van der Waals surface area contributed by atoms with Crippen molar-refractivity contribution < 1.29 is 0 Å². The first kappa shape index (κ1) is 16.5. The Bertz CT molecular complexity index is 310. The molecule has 0 aliphatic carbocycles. The van der Waals surface area contributed by atoms with E-state index < -0.39 is 0 Å². The second-order valence-electron chi connectivity index (χ2n) is 3.41. The van der Waals surface area contributed by atoms with Gasteiger partial charge in [-0.05, 0) is 23.8 Å². The van der Waals surface area contributed by atoms with Crippen molar-refractivity contribution in [3.8, 4) is 0 Å². The summed E-state index contributed by atoms with van der Waals surface area (Å²) in [5.41, 5.74) is 1.23. The average molecular weight is 348 g/mol. The predicted octanol–water partition coefficient (Wildman–Crippen LogP) is 3.18. The molecule has 1 aliphatic rings. The van der Waals surface area contributed by atoms with Crippen molar-refractivity contribution in [2.24, 2.45) is 0 Å². The molecule has 0 saturated carbocycles. The van der Waals surface area contributed by atoms with Crippen molar-refractivity contribution in [2.75, 3.05) is 19.6 Å². The monoisotopic (exact) mass is 346 g/mol. The van der Waals surface area contributed by atoms with Gasteiger partial charge in [0.05, 0.1) is 0 Å². The molecule has 1 aromatic rings. The molecule has 2 nitrogen and oxygen atoms in total. The molecule has 2 rings (SSSR count). The van der Waals surface area contributed by atoms with Crippen molar-refractivity contribution in [1.29, 1.82) is 0 Å². The van der Waals surface area contributed by atoms with Crippen LogP contribution < -0.4 is 10.6 Å². The van der Waals surface area contributed by atoms with Crippen LogP contribution in [0.5, 0.6) is 0 Å². The van der Waals surface area contributed by atoms with E-state index in [1.807, 2.05) is 12.1 Å². The summed E-state index contributed by atoms with van der Waals surface area (Å²) in [6.07, 6.45) is 0. The van der Waals surface area contributed by atoms with Gasteiger partial charge in [-0.1, -0.05) is 27.5 Å². The first-order chi connectivity index (χ1) is 6.75. The first-order valence-electron chi connectivity index (χ1n) is 4.66. The summed E-state index contributed by atoms with van der Waals surface area (Å²) in [4.78, 5) is 0. The minimum Gasteiger partial charge on any atom is -0.314 e. The second-order valence-corrected chi connectivity index (χ2v) is 4.77. The van der Waals surface area contributed by atoms with Gasteiger partial charge in [-0.15, -0.1) is 24.8 Å². The van der Waals surface area contributed by atoms with Crippen LogP contribution in [0, 0.1) is 0 Å². The van der Waals surface area contributed by atoms with Crippen molar-refractivity contribution >= 4 is 52.3 Å². The third kappa shape index (κ3) is 4.40. The molecule has 1 heterocycles. The number of piperazine rings is 1. The van der Waals surface area contributed by atoms with E-state index in [4.69, 9.17) is 11.6 Å². The molecule has 16 heavy (non-hydrogen) atoms. The molecule has 0 radical (unpaired) electrons. The molecule has 2 N–H and O–H groups in total. The highest BCUT2D eigenvalue weighted by molar-refractivity contribution is 9.10. The minimum atomic E-state index is 0. The van der Waals surface area contributed by atoms with E-state index in [2.05, 4.69) is 32.6 Å². The summed E-state index contributed by atoms with van der Waals surface area (Å²) in [5, 5.41) is 7.58. The molecule has 1 aliphatic heterocycles. The van der Waals surface area contributed by atoms with Crippen molar-refractivity contribution in [1.82, 2.24) is 10.6 Å². The van der Waals surface area contributed by atoms with Crippen molar-refractivity contribution in [3.63, 3.8) is 0 Å². The van der Waals surface area contributed by atoms with Gasteiger partial charge in [0, 0.05) is 35.2 Å². The van der Waals surface area contributed by atoms with Gasteiger partial charge in [0.15, 0.2) is 0 Å². The fraction of sp³-hybridized carbons (Fsp3) is 0.400. The maximum absolute atomic E-state index is 5.99. The summed E-state index contributed by atoms with van der Waals surface area (Å²) in [5.74, 6) is 0. The van der Waals surface area contributed by atoms with Crippen LogP contribution in [0.3, 0.4) is 0 Å². The lowest BCUT2D eigenvalue weighted by Gasteiger charge is -2.25. The zero-order chi connectivity index (χ0) is 9.97. The van der Waals surface area contributed by atoms with Gasteiger partial charge in [-0.2, -0.15) is 0 Å². The number of rotatable bonds is 1. The molecule has 1 aromatic carbocycles. The Morgan fingerprint density at radius 1 is 1.19 bits per heavy atom. The van der Waals surface area contributed by atoms with E-state index in [0.29, 0.717) is 6.04 Å². The van der Waals surface area contributed by atoms with Crippen LogP contribution in [-0.4, -0.2) is 19.6 Å². The lowest BCUT2D eigenvalue weighted by atomic mass is 10.1. The molecular weight excluding hydrogens is 334 g/mol. The van der Waals surface area contributed by atoms with E-state index in [1.165, 1.54) is 5.56 Å². The second kappa shape index (κ2) is 7.75. The van der Waals surface area contributed by atoms with E-state index in [0.717, 1.165) is 29.1 Å². The maximum Gasteiger partial charge on any atom is 0.0448 e. The highest BCUT2D eigenvalue weighted by atomic mass is 79.9. The summed E-state index contributed by atoms with van der Waals surface area (Å²) in [6.45, 7) is 3.01. The molecule has 1 atom stereocenters.